The fraction of sp³-hybridized carbons (Fsp3) is 0.902. The first-order valence-corrected chi connectivity index (χ1v) is 23.0. The molecule has 1 saturated carbocycles. The van der Waals surface area contributed by atoms with E-state index < -0.39 is 75.7 Å². The van der Waals surface area contributed by atoms with Crippen LogP contribution in [0.3, 0.4) is 0 Å². The molecule has 0 aromatic carbocycles. The minimum absolute atomic E-state index is 0.0896. The number of ether oxygens (including phenoxy) is 2. The molecule has 1 fully saturated rings. The highest BCUT2D eigenvalue weighted by Crippen LogP contribution is 2.47. The van der Waals surface area contributed by atoms with E-state index in [1.165, 1.54) is 83.5 Å². The van der Waals surface area contributed by atoms with E-state index >= 15 is 0 Å². The first-order chi connectivity index (χ1) is 26.4. The van der Waals surface area contributed by atoms with Crippen molar-refractivity contribution in [1.29, 1.82) is 0 Å². The largest absolute Gasteiger partial charge is 0.472 e. The van der Waals surface area contributed by atoms with Crippen molar-refractivity contribution in [3.8, 4) is 0 Å². The summed E-state index contributed by atoms with van der Waals surface area (Å²) in [6.07, 6.45) is 18.5. The van der Waals surface area contributed by atoms with Gasteiger partial charge in [0.1, 0.15) is 43.2 Å². The van der Waals surface area contributed by atoms with Gasteiger partial charge in [-0.2, -0.15) is 0 Å². The summed E-state index contributed by atoms with van der Waals surface area (Å²) < 4.78 is 33.4. The average Bonchev–Trinajstić information content (AvgIpc) is 3.16. The van der Waals surface area contributed by atoms with Crippen LogP contribution < -0.4 is 0 Å². The van der Waals surface area contributed by atoms with Crippen molar-refractivity contribution in [2.75, 3.05) is 13.2 Å². The molecule has 14 heteroatoms. The second-order valence-electron chi connectivity index (χ2n) is 15.2. The Morgan fingerprint density at radius 3 is 1.44 bits per heavy atom. The molecule has 0 aromatic heterocycles. The predicted octanol–water partition coefficient (Wildman–Crippen LogP) is 7.50. The van der Waals surface area contributed by atoms with Crippen LogP contribution in [0.25, 0.3) is 0 Å². The highest BCUT2D eigenvalue weighted by molar-refractivity contribution is 7.47. The van der Waals surface area contributed by atoms with Crippen LogP contribution in [0.1, 0.15) is 181 Å². The van der Waals surface area contributed by atoms with Crippen molar-refractivity contribution in [1.82, 2.24) is 0 Å². The van der Waals surface area contributed by atoms with Crippen molar-refractivity contribution in [3.05, 3.63) is 12.2 Å². The van der Waals surface area contributed by atoms with Crippen LogP contribution in [-0.4, -0.2) is 98.3 Å². The molecule has 1 rings (SSSR count). The van der Waals surface area contributed by atoms with Gasteiger partial charge in [0.25, 0.3) is 0 Å². The zero-order chi connectivity index (χ0) is 40.7. The number of hydrogen-bond donors (Lipinski definition) is 6. The molecular weight excluding hydrogens is 731 g/mol. The molecular formula is C41H77O13P. The second-order valence-corrected chi connectivity index (χ2v) is 16.6. The average molecular weight is 809 g/mol. The number of unbranched alkanes of at least 4 members (excludes halogenated alkanes) is 21. The van der Waals surface area contributed by atoms with Crippen LogP contribution >= 0.6 is 7.82 Å². The third kappa shape index (κ3) is 25.5. The van der Waals surface area contributed by atoms with Gasteiger partial charge in [0, 0.05) is 12.8 Å². The summed E-state index contributed by atoms with van der Waals surface area (Å²) in [7, 11) is -5.11. The quantitative estimate of drug-likeness (QED) is 0.0159. The van der Waals surface area contributed by atoms with E-state index in [0.717, 1.165) is 57.8 Å². The molecule has 1 aliphatic rings. The normalized spacial score (nSPS) is 23.1. The van der Waals surface area contributed by atoms with Crippen LogP contribution in [0.15, 0.2) is 12.2 Å². The Hall–Kier alpha value is -1.41. The Kier molecular flexibility index (Phi) is 30.5. The highest BCUT2D eigenvalue weighted by atomic mass is 31.2. The zero-order valence-corrected chi connectivity index (χ0v) is 34.9. The van der Waals surface area contributed by atoms with Gasteiger partial charge in [0.2, 0.25) is 0 Å². The molecule has 6 N–H and O–H groups in total. The summed E-state index contributed by atoms with van der Waals surface area (Å²) in [6, 6.07) is 0. The number of allylic oxidation sites excluding steroid dienone is 2. The van der Waals surface area contributed by atoms with Crippen molar-refractivity contribution >= 4 is 19.8 Å². The maximum absolute atomic E-state index is 12.8. The molecule has 0 heterocycles. The van der Waals surface area contributed by atoms with Gasteiger partial charge in [-0.05, 0) is 32.1 Å². The molecule has 6 unspecified atom stereocenters. The van der Waals surface area contributed by atoms with Gasteiger partial charge in [0.15, 0.2) is 6.10 Å². The maximum atomic E-state index is 12.8. The number of aliphatic hydroxyl groups excluding tert-OH is 5. The molecule has 0 aromatic rings. The van der Waals surface area contributed by atoms with E-state index in [1.54, 1.807) is 0 Å². The molecule has 0 saturated heterocycles. The molecule has 1 aliphatic carbocycles. The van der Waals surface area contributed by atoms with E-state index in [4.69, 9.17) is 18.5 Å². The Morgan fingerprint density at radius 2 is 0.945 bits per heavy atom. The number of esters is 2. The van der Waals surface area contributed by atoms with E-state index in [2.05, 4.69) is 26.0 Å². The second kappa shape index (κ2) is 32.5. The van der Waals surface area contributed by atoms with Gasteiger partial charge >= 0.3 is 19.8 Å². The van der Waals surface area contributed by atoms with Crippen molar-refractivity contribution < 1.29 is 63.1 Å². The number of phosphoric acid groups is 1. The third-order valence-electron chi connectivity index (χ3n) is 10.1. The first kappa shape index (κ1) is 51.6. The lowest BCUT2D eigenvalue weighted by atomic mass is 9.85. The standard InChI is InChI=1S/C41H77O13P/c1-3-5-7-9-11-13-15-16-17-18-20-21-23-25-27-29-34(42)51-31-33(53-35(43)30-28-26-24-22-19-14-12-10-8-6-4-2)32-52-55(49,50)54-41-39(47)37(45)36(44)38(46)40(41)48/h10,12,33,36-41,44-48H,3-9,11,13-32H2,1-2H3,(H,49,50)/b12-10-/t33-,36?,37-,38?,39?,40?,41?/m1/s1. The molecule has 0 radical (unpaired) electrons. The topological polar surface area (TPSA) is 210 Å². The van der Waals surface area contributed by atoms with Gasteiger partial charge < -0.3 is 39.9 Å². The number of carbonyl (C=O) groups excluding carboxylic acids is 2. The van der Waals surface area contributed by atoms with Crippen LogP contribution in [0, 0.1) is 0 Å². The number of carbonyl (C=O) groups is 2. The van der Waals surface area contributed by atoms with Crippen molar-refractivity contribution in [3.63, 3.8) is 0 Å². The van der Waals surface area contributed by atoms with E-state index in [0.29, 0.717) is 12.8 Å². The summed E-state index contributed by atoms with van der Waals surface area (Å²) in [5.74, 6) is -1.10. The summed E-state index contributed by atoms with van der Waals surface area (Å²) in [5, 5.41) is 50.0. The Morgan fingerprint density at radius 1 is 0.545 bits per heavy atom. The Bertz CT molecular complexity index is 1030. The summed E-state index contributed by atoms with van der Waals surface area (Å²) in [4.78, 5) is 35.5. The van der Waals surface area contributed by atoms with Crippen LogP contribution in [0.4, 0.5) is 0 Å². The third-order valence-corrected chi connectivity index (χ3v) is 11.1. The van der Waals surface area contributed by atoms with Crippen molar-refractivity contribution in [2.24, 2.45) is 0 Å². The van der Waals surface area contributed by atoms with Crippen LogP contribution in [-0.2, 0) is 32.7 Å². The molecule has 55 heavy (non-hydrogen) atoms. The lowest BCUT2D eigenvalue weighted by molar-refractivity contribution is -0.220. The van der Waals surface area contributed by atoms with E-state index in [9.17, 15) is 44.6 Å². The minimum Gasteiger partial charge on any atom is -0.462 e. The molecule has 0 amide bonds. The molecule has 324 valence electrons. The Balaban J connectivity index is 2.48. The maximum Gasteiger partial charge on any atom is 0.472 e. The van der Waals surface area contributed by atoms with Crippen molar-refractivity contribution in [2.45, 2.75) is 224 Å². The summed E-state index contributed by atoms with van der Waals surface area (Å²) in [6.45, 7) is 3.24. The summed E-state index contributed by atoms with van der Waals surface area (Å²) >= 11 is 0. The number of hydrogen-bond acceptors (Lipinski definition) is 12. The number of rotatable bonds is 35. The monoisotopic (exact) mass is 809 g/mol. The lowest BCUT2D eigenvalue weighted by Crippen LogP contribution is -2.64. The van der Waals surface area contributed by atoms with Gasteiger partial charge in [0.05, 0.1) is 6.61 Å². The Labute approximate surface area is 331 Å². The smallest absolute Gasteiger partial charge is 0.462 e. The number of phosphoric ester groups is 1. The SMILES string of the molecule is CCCC/C=C\CCCCCCCC(=O)O[C@H](COC(=O)CCCCCCCCCCCCCCCCC)COP(=O)(O)OC1C(O)C(O)C(O)[C@@H](O)C1O. The molecule has 13 nitrogen and oxygen atoms in total. The van der Waals surface area contributed by atoms with Gasteiger partial charge in [-0.25, -0.2) is 4.57 Å². The predicted molar refractivity (Wildman–Crippen MR) is 212 cm³/mol. The lowest BCUT2D eigenvalue weighted by Gasteiger charge is -2.41. The molecule has 0 aliphatic heterocycles. The summed E-state index contributed by atoms with van der Waals surface area (Å²) in [5.41, 5.74) is 0. The zero-order valence-electron chi connectivity index (χ0n) is 34.0. The molecule has 0 spiro atoms. The van der Waals surface area contributed by atoms with Gasteiger partial charge in [-0.1, -0.05) is 148 Å². The van der Waals surface area contributed by atoms with Gasteiger partial charge in [-0.3, -0.25) is 18.6 Å². The fourth-order valence-corrected chi connectivity index (χ4v) is 7.53. The van der Waals surface area contributed by atoms with E-state index in [1.807, 2.05) is 0 Å². The fourth-order valence-electron chi connectivity index (χ4n) is 6.56. The molecule has 8 atom stereocenters. The van der Waals surface area contributed by atoms with Crippen LogP contribution in [0.5, 0.6) is 0 Å². The number of aliphatic hydroxyl groups is 5. The highest BCUT2D eigenvalue weighted by Gasteiger charge is 2.51. The minimum atomic E-state index is -5.11. The van der Waals surface area contributed by atoms with E-state index in [-0.39, 0.29) is 12.8 Å². The molecule has 0 bridgehead atoms. The van der Waals surface area contributed by atoms with Gasteiger partial charge in [-0.15, -0.1) is 0 Å². The van der Waals surface area contributed by atoms with Crippen LogP contribution in [0.2, 0.25) is 0 Å². The first-order valence-electron chi connectivity index (χ1n) is 21.5.